The molecular formula is C9H4BrClF3N. The molecule has 0 bridgehead atoms. The third-order valence-electron chi connectivity index (χ3n) is 1.97. The molecule has 1 nitrogen and oxygen atoms in total. The van der Waals surface area contributed by atoms with Crippen LogP contribution in [0, 0.1) is 0 Å². The zero-order valence-electron chi connectivity index (χ0n) is 7.12. The Kier molecular flexibility index (Phi) is 2.47. The SMILES string of the molecule is FC(F)(F)c1cc2cc(Cl)c(Br)cc2[nH]1. The van der Waals surface area contributed by atoms with Crippen molar-refractivity contribution in [3.8, 4) is 0 Å². The van der Waals surface area contributed by atoms with Crippen molar-refractivity contribution in [3.63, 3.8) is 0 Å². The highest BCUT2D eigenvalue weighted by atomic mass is 79.9. The zero-order valence-corrected chi connectivity index (χ0v) is 9.46. The van der Waals surface area contributed by atoms with Crippen LogP contribution in [0.3, 0.4) is 0 Å². The minimum atomic E-state index is -4.36. The Hall–Kier alpha value is -0.680. The number of aromatic nitrogens is 1. The lowest BCUT2D eigenvalue weighted by Gasteiger charge is -2.00. The van der Waals surface area contributed by atoms with Crippen LogP contribution in [0.2, 0.25) is 5.02 Å². The number of benzene rings is 1. The molecule has 1 aromatic carbocycles. The maximum absolute atomic E-state index is 12.4. The van der Waals surface area contributed by atoms with Crippen LogP contribution in [0.1, 0.15) is 5.69 Å². The number of aromatic amines is 1. The number of alkyl halides is 3. The first-order valence-corrected chi connectivity index (χ1v) is 5.10. The third-order valence-corrected chi connectivity index (χ3v) is 3.16. The lowest BCUT2D eigenvalue weighted by Crippen LogP contribution is -2.04. The van der Waals surface area contributed by atoms with Gasteiger partial charge in [0, 0.05) is 15.4 Å². The normalized spacial score (nSPS) is 12.3. The minimum absolute atomic E-state index is 0.384. The van der Waals surface area contributed by atoms with Crippen molar-refractivity contribution < 1.29 is 13.2 Å². The van der Waals surface area contributed by atoms with Crippen LogP contribution >= 0.6 is 27.5 Å². The first-order valence-electron chi connectivity index (χ1n) is 3.93. The van der Waals surface area contributed by atoms with E-state index in [4.69, 9.17) is 11.6 Å². The van der Waals surface area contributed by atoms with Crippen LogP contribution in [-0.4, -0.2) is 4.98 Å². The largest absolute Gasteiger partial charge is 0.431 e. The van der Waals surface area contributed by atoms with Crippen LogP contribution in [0.15, 0.2) is 22.7 Å². The quantitative estimate of drug-likeness (QED) is 0.731. The molecule has 0 atom stereocenters. The van der Waals surface area contributed by atoms with Crippen molar-refractivity contribution >= 4 is 38.4 Å². The lowest BCUT2D eigenvalue weighted by molar-refractivity contribution is -0.140. The predicted molar refractivity (Wildman–Crippen MR) is 56.0 cm³/mol. The third kappa shape index (κ3) is 1.99. The molecule has 0 unspecified atom stereocenters. The molecule has 6 heteroatoms. The van der Waals surface area contributed by atoms with Gasteiger partial charge in [-0.2, -0.15) is 13.2 Å². The molecule has 0 radical (unpaired) electrons. The van der Waals surface area contributed by atoms with E-state index < -0.39 is 11.9 Å². The molecule has 0 spiro atoms. The van der Waals surface area contributed by atoms with Crippen molar-refractivity contribution in [2.24, 2.45) is 0 Å². The number of rotatable bonds is 0. The van der Waals surface area contributed by atoms with E-state index in [-0.39, 0.29) is 0 Å². The molecule has 80 valence electrons. The van der Waals surface area contributed by atoms with Crippen molar-refractivity contribution in [2.75, 3.05) is 0 Å². The van der Waals surface area contributed by atoms with Gasteiger partial charge in [-0.3, -0.25) is 0 Å². The predicted octanol–water partition coefficient (Wildman–Crippen LogP) is 4.60. The summed E-state index contributed by atoms with van der Waals surface area (Å²) >= 11 is 8.91. The summed E-state index contributed by atoms with van der Waals surface area (Å²) in [5, 5.41) is 0.825. The average Bonchev–Trinajstić information content (AvgIpc) is 2.47. The molecule has 2 aromatic rings. The Labute approximate surface area is 96.4 Å². The summed E-state index contributed by atoms with van der Waals surface area (Å²) in [5.41, 5.74) is -0.370. The summed E-state index contributed by atoms with van der Waals surface area (Å²) in [6, 6.07) is 4.03. The number of hydrogen-bond acceptors (Lipinski definition) is 0. The van der Waals surface area contributed by atoms with Crippen molar-refractivity contribution in [1.82, 2.24) is 4.98 Å². The summed E-state index contributed by atoms with van der Waals surface area (Å²) in [6.45, 7) is 0. The van der Waals surface area contributed by atoms with E-state index in [2.05, 4.69) is 20.9 Å². The van der Waals surface area contributed by atoms with Crippen molar-refractivity contribution in [1.29, 1.82) is 0 Å². The fourth-order valence-corrected chi connectivity index (χ4v) is 1.79. The van der Waals surface area contributed by atoms with E-state index in [1.54, 1.807) is 0 Å². The second-order valence-corrected chi connectivity index (χ2v) is 4.30. The van der Waals surface area contributed by atoms with Gasteiger partial charge in [0.1, 0.15) is 5.69 Å². The summed E-state index contributed by atoms with van der Waals surface area (Å²) < 4.78 is 37.6. The molecule has 1 heterocycles. The molecule has 0 aliphatic rings. The number of halogens is 5. The molecule has 2 rings (SSSR count). The molecule has 15 heavy (non-hydrogen) atoms. The van der Waals surface area contributed by atoms with E-state index in [0.717, 1.165) is 6.07 Å². The maximum atomic E-state index is 12.4. The Bertz CT molecular complexity index is 479. The maximum Gasteiger partial charge on any atom is 0.431 e. The highest BCUT2D eigenvalue weighted by Crippen LogP contribution is 2.34. The van der Waals surface area contributed by atoms with Crippen LogP contribution in [0.4, 0.5) is 13.2 Å². The second kappa shape index (κ2) is 3.42. The monoisotopic (exact) mass is 297 g/mol. The van der Waals surface area contributed by atoms with Gasteiger partial charge in [0.15, 0.2) is 0 Å². The number of hydrogen-bond donors (Lipinski definition) is 1. The van der Waals surface area contributed by atoms with Gasteiger partial charge in [-0.25, -0.2) is 0 Å². The highest BCUT2D eigenvalue weighted by molar-refractivity contribution is 9.10. The highest BCUT2D eigenvalue weighted by Gasteiger charge is 2.32. The summed E-state index contributed by atoms with van der Waals surface area (Å²) in [4.78, 5) is 2.29. The Morgan fingerprint density at radius 1 is 1.20 bits per heavy atom. The second-order valence-electron chi connectivity index (χ2n) is 3.03. The van der Waals surface area contributed by atoms with Crippen molar-refractivity contribution in [2.45, 2.75) is 6.18 Å². The topological polar surface area (TPSA) is 15.8 Å². The molecule has 0 saturated carbocycles. The molecule has 0 aliphatic carbocycles. The van der Waals surface area contributed by atoms with E-state index in [9.17, 15) is 13.2 Å². The minimum Gasteiger partial charge on any atom is -0.351 e. The smallest absolute Gasteiger partial charge is 0.351 e. The van der Waals surface area contributed by atoms with Crippen molar-refractivity contribution in [3.05, 3.63) is 33.4 Å². The molecule has 0 amide bonds. The van der Waals surface area contributed by atoms with Gasteiger partial charge in [0.25, 0.3) is 0 Å². The van der Waals surface area contributed by atoms with Gasteiger partial charge in [0.2, 0.25) is 0 Å². The van der Waals surface area contributed by atoms with Crippen LogP contribution < -0.4 is 0 Å². The van der Waals surface area contributed by atoms with E-state index in [1.807, 2.05) is 0 Å². The summed E-state index contributed by atoms with van der Waals surface area (Å²) in [5.74, 6) is 0. The average molecular weight is 298 g/mol. The molecular weight excluding hydrogens is 294 g/mol. The van der Waals surface area contributed by atoms with Gasteiger partial charge in [0.05, 0.1) is 5.02 Å². The summed E-state index contributed by atoms with van der Waals surface area (Å²) in [7, 11) is 0. The molecule has 0 fully saturated rings. The van der Waals surface area contributed by atoms with Crippen LogP contribution in [0.25, 0.3) is 10.9 Å². The van der Waals surface area contributed by atoms with Crippen LogP contribution in [-0.2, 0) is 6.18 Å². The summed E-state index contributed by atoms with van der Waals surface area (Å²) in [6.07, 6.45) is -4.36. The molecule has 1 N–H and O–H groups in total. The number of fused-ring (bicyclic) bond motifs is 1. The zero-order chi connectivity index (χ0) is 11.2. The van der Waals surface area contributed by atoms with E-state index in [1.165, 1.54) is 12.1 Å². The standard InChI is InChI=1S/C9H4BrClF3N/c10-5-3-7-4(1-6(5)11)2-8(15-7)9(12,13)14/h1-3,15H. The van der Waals surface area contributed by atoms with Gasteiger partial charge in [-0.05, 0) is 34.1 Å². The Morgan fingerprint density at radius 3 is 2.47 bits per heavy atom. The fraction of sp³-hybridized carbons (Fsp3) is 0.111. The number of nitrogens with one attached hydrogen (secondary N) is 1. The van der Waals surface area contributed by atoms with E-state index in [0.29, 0.717) is 20.4 Å². The molecule has 1 aromatic heterocycles. The first-order chi connectivity index (χ1) is 6.88. The van der Waals surface area contributed by atoms with Gasteiger partial charge < -0.3 is 4.98 Å². The van der Waals surface area contributed by atoms with Crippen LogP contribution in [0.5, 0.6) is 0 Å². The Balaban J connectivity index is 2.66. The van der Waals surface area contributed by atoms with E-state index >= 15 is 0 Å². The first kappa shape index (κ1) is 10.8. The number of H-pyrrole nitrogens is 1. The fourth-order valence-electron chi connectivity index (χ4n) is 1.28. The van der Waals surface area contributed by atoms with Gasteiger partial charge in [-0.15, -0.1) is 0 Å². The molecule has 0 saturated heterocycles. The van der Waals surface area contributed by atoms with Gasteiger partial charge >= 0.3 is 6.18 Å². The Morgan fingerprint density at radius 2 is 1.87 bits per heavy atom. The van der Waals surface area contributed by atoms with Gasteiger partial charge in [-0.1, -0.05) is 11.6 Å². The molecule has 0 aliphatic heterocycles. The lowest BCUT2D eigenvalue weighted by atomic mass is 10.2.